The Kier molecular flexibility index (Phi) is 5.49. The summed E-state index contributed by atoms with van der Waals surface area (Å²) in [5.41, 5.74) is 1.81. The molecule has 0 fully saturated rings. The van der Waals surface area contributed by atoms with Crippen LogP contribution >= 0.6 is 0 Å². The summed E-state index contributed by atoms with van der Waals surface area (Å²) in [4.78, 5) is 26.4. The third kappa shape index (κ3) is 4.06. The zero-order valence-electron chi connectivity index (χ0n) is 14.7. The predicted molar refractivity (Wildman–Crippen MR) is 88.4 cm³/mol. The van der Waals surface area contributed by atoms with Crippen LogP contribution in [0.5, 0.6) is 0 Å². The van der Waals surface area contributed by atoms with Gasteiger partial charge in [-0.2, -0.15) is 0 Å². The first kappa shape index (κ1) is 18.3. The lowest BCUT2D eigenvalue weighted by atomic mass is 9.91. The second kappa shape index (κ2) is 7.21. The summed E-state index contributed by atoms with van der Waals surface area (Å²) in [5.74, 6) is -0.471. The van der Waals surface area contributed by atoms with Gasteiger partial charge in [0.05, 0.1) is 13.2 Å². The summed E-state index contributed by atoms with van der Waals surface area (Å²) in [5, 5.41) is 9.29. The van der Waals surface area contributed by atoms with Crippen LogP contribution in [-0.4, -0.2) is 40.8 Å². The van der Waals surface area contributed by atoms with Gasteiger partial charge in [-0.25, -0.2) is 9.59 Å². The molecule has 0 spiro atoms. The van der Waals surface area contributed by atoms with Crippen molar-refractivity contribution in [2.75, 3.05) is 13.2 Å². The number of ether oxygens (including phenoxy) is 2. The summed E-state index contributed by atoms with van der Waals surface area (Å²) >= 11 is 0. The average Bonchev–Trinajstić information content (AvgIpc) is 2.51. The van der Waals surface area contributed by atoms with Crippen LogP contribution in [0.2, 0.25) is 0 Å². The normalized spacial score (nSPS) is 17.2. The maximum atomic E-state index is 12.5. The maximum Gasteiger partial charge on any atom is 0.411 e. The summed E-state index contributed by atoms with van der Waals surface area (Å²) in [7, 11) is 0. The Balaban J connectivity index is 2.38. The van der Waals surface area contributed by atoms with Crippen LogP contribution < -0.4 is 0 Å². The monoisotopic (exact) mass is 335 g/mol. The van der Waals surface area contributed by atoms with Crippen LogP contribution in [0.1, 0.15) is 50.4 Å². The van der Waals surface area contributed by atoms with E-state index in [1.165, 1.54) is 4.90 Å². The molecule has 6 nitrogen and oxygen atoms in total. The van der Waals surface area contributed by atoms with Crippen LogP contribution in [0.4, 0.5) is 4.79 Å². The van der Waals surface area contributed by atoms with Crippen molar-refractivity contribution in [3.8, 4) is 0 Å². The van der Waals surface area contributed by atoms with Gasteiger partial charge >= 0.3 is 12.1 Å². The van der Waals surface area contributed by atoms with Crippen molar-refractivity contribution in [2.45, 2.75) is 52.4 Å². The molecule has 0 bridgehead atoms. The molecule has 132 valence electrons. The van der Waals surface area contributed by atoms with Crippen molar-refractivity contribution < 1.29 is 24.2 Å². The maximum absolute atomic E-state index is 12.5. The van der Waals surface area contributed by atoms with E-state index < -0.39 is 23.7 Å². The number of hydrogen-bond donors (Lipinski definition) is 1. The first-order valence-corrected chi connectivity index (χ1v) is 8.15. The highest BCUT2D eigenvalue weighted by atomic mass is 16.6. The lowest BCUT2D eigenvalue weighted by Gasteiger charge is -2.36. The molecule has 1 aromatic carbocycles. The Morgan fingerprint density at radius 3 is 2.62 bits per heavy atom. The minimum atomic E-state index is -0.823. The van der Waals surface area contributed by atoms with E-state index in [1.807, 2.05) is 6.07 Å². The van der Waals surface area contributed by atoms with Gasteiger partial charge < -0.3 is 14.6 Å². The van der Waals surface area contributed by atoms with Crippen molar-refractivity contribution in [2.24, 2.45) is 0 Å². The number of nitrogens with zero attached hydrogens (tertiary/aromatic N) is 1. The fourth-order valence-corrected chi connectivity index (χ4v) is 2.77. The largest absolute Gasteiger partial charge is 0.464 e. The Bertz CT molecular complexity index is 620. The number of benzene rings is 1. The quantitative estimate of drug-likeness (QED) is 0.859. The van der Waals surface area contributed by atoms with Crippen LogP contribution in [0.15, 0.2) is 18.2 Å². The second-order valence-electron chi connectivity index (χ2n) is 6.77. The molecule has 1 heterocycles. The number of amides is 1. The molecule has 0 saturated carbocycles. The minimum absolute atomic E-state index is 0.0624. The predicted octanol–water partition coefficient (Wildman–Crippen LogP) is 2.58. The molecule has 2 rings (SSSR count). The van der Waals surface area contributed by atoms with Crippen molar-refractivity contribution in [1.29, 1.82) is 0 Å². The Morgan fingerprint density at radius 2 is 2.04 bits per heavy atom. The van der Waals surface area contributed by atoms with E-state index in [9.17, 15) is 14.7 Å². The van der Waals surface area contributed by atoms with E-state index in [2.05, 4.69) is 0 Å². The number of carbonyl (C=O) groups excluding carboxylic acids is 2. The zero-order valence-corrected chi connectivity index (χ0v) is 14.7. The first-order chi connectivity index (χ1) is 11.3. The molecule has 6 heteroatoms. The van der Waals surface area contributed by atoms with E-state index in [0.717, 1.165) is 16.7 Å². The number of rotatable bonds is 3. The number of carbonyl (C=O) groups is 2. The molecule has 1 aliphatic rings. The van der Waals surface area contributed by atoms with Gasteiger partial charge in [0.15, 0.2) is 6.04 Å². The first-order valence-electron chi connectivity index (χ1n) is 8.15. The van der Waals surface area contributed by atoms with E-state index >= 15 is 0 Å². The highest BCUT2D eigenvalue weighted by Crippen LogP contribution is 2.32. The van der Waals surface area contributed by atoms with E-state index in [0.29, 0.717) is 13.0 Å². The Morgan fingerprint density at radius 1 is 1.33 bits per heavy atom. The summed E-state index contributed by atoms with van der Waals surface area (Å²) < 4.78 is 10.6. The molecule has 0 radical (unpaired) electrons. The standard InChI is InChI=1S/C18H25NO5/c1-5-23-16(21)15-14-7-6-12(11-20)10-13(14)8-9-19(15)17(22)24-18(2,3)4/h6-7,10,15,20H,5,8-9,11H2,1-4H3. The van der Waals surface area contributed by atoms with Gasteiger partial charge in [-0.1, -0.05) is 18.2 Å². The fraction of sp³-hybridized carbons (Fsp3) is 0.556. The lowest BCUT2D eigenvalue weighted by molar-refractivity contribution is -0.150. The number of fused-ring (bicyclic) bond motifs is 1. The Labute approximate surface area is 142 Å². The number of aliphatic hydroxyl groups excluding tert-OH is 1. The zero-order chi connectivity index (χ0) is 17.9. The third-order valence-electron chi connectivity index (χ3n) is 3.76. The van der Waals surface area contributed by atoms with Gasteiger partial charge in [-0.05, 0) is 50.8 Å². The second-order valence-corrected chi connectivity index (χ2v) is 6.77. The molecule has 0 saturated heterocycles. The molecule has 0 aliphatic carbocycles. The minimum Gasteiger partial charge on any atom is -0.464 e. The smallest absolute Gasteiger partial charge is 0.411 e. The van der Waals surface area contributed by atoms with Crippen LogP contribution in [0.25, 0.3) is 0 Å². The van der Waals surface area contributed by atoms with E-state index in [4.69, 9.17) is 9.47 Å². The van der Waals surface area contributed by atoms with Gasteiger partial charge in [0.1, 0.15) is 5.60 Å². The van der Waals surface area contributed by atoms with Crippen molar-refractivity contribution in [3.63, 3.8) is 0 Å². The fourth-order valence-electron chi connectivity index (χ4n) is 2.77. The number of aliphatic hydroxyl groups is 1. The van der Waals surface area contributed by atoms with Crippen molar-refractivity contribution >= 4 is 12.1 Å². The number of hydrogen-bond acceptors (Lipinski definition) is 5. The lowest BCUT2D eigenvalue weighted by Crippen LogP contribution is -2.46. The molecule has 0 aromatic heterocycles. The molecule has 1 N–H and O–H groups in total. The van der Waals surface area contributed by atoms with Crippen LogP contribution in [-0.2, 0) is 27.3 Å². The van der Waals surface area contributed by atoms with E-state index in [-0.39, 0.29) is 13.2 Å². The molecular formula is C18H25NO5. The van der Waals surface area contributed by atoms with E-state index in [1.54, 1.807) is 39.8 Å². The molecular weight excluding hydrogens is 310 g/mol. The van der Waals surface area contributed by atoms with Gasteiger partial charge in [0.25, 0.3) is 0 Å². The van der Waals surface area contributed by atoms with Crippen LogP contribution in [0, 0.1) is 0 Å². The highest BCUT2D eigenvalue weighted by Gasteiger charge is 2.39. The van der Waals surface area contributed by atoms with Crippen molar-refractivity contribution in [1.82, 2.24) is 4.90 Å². The third-order valence-corrected chi connectivity index (χ3v) is 3.76. The van der Waals surface area contributed by atoms with Crippen LogP contribution in [0.3, 0.4) is 0 Å². The van der Waals surface area contributed by atoms with Gasteiger partial charge in [0, 0.05) is 6.54 Å². The number of esters is 1. The van der Waals surface area contributed by atoms with Gasteiger partial charge in [0.2, 0.25) is 0 Å². The molecule has 1 amide bonds. The Hall–Kier alpha value is -2.08. The summed E-state index contributed by atoms with van der Waals surface area (Å²) in [6.45, 7) is 7.63. The highest BCUT2D eigenvalue weighted by molar-refractivity contribution is 5.84. The SMILES string of the molecule is CCOC(=O)C1c2ccc(CO)cc2CCN1C(=O)OC(C)(C)C. The topological polar surface area (TPSA) is 76.1 Å². The van der Waals surface area contributed by atoms with Crippen molar-refractivity contribution in [3.05, 3.63) is 34.9 Å². The summed E-state index contributed by atoms with van der Waals surface area (Å²) in [6, 6.07) is 4.58. The van der Waals surface area contributed by atoms with Gasteiger partial charge in [-0.3, -0.25) is 4.90 Å². The van der Waals surface area contributed by atoms with Gasteiger partial charge in [-0.15, -0.1) is 0 Å². The average molecular weight is 335 g/mol. The summed E-state index contributed by atoms with van der Waals surface area (Å²) in [6.07, 6.45) is 0.0654. The molecule has 1 atom stereocenters. The molecule has 1 aromatic rings. The molecule has 1 unspecified atom stereocenters. The molecule has 1 aliphatic heterocycles. The molecule has 24 heavy (non-hydrogen) atoms.